The monoisotopic (exact) mass is 276 g/mol. The Labute approximate surface area is 110 Å². The van der Waals surface area contributed by atoms with E-state index in [2.05, 4.69) is 4.90 Å². The molecule has 2 rings (SSSR count). The van der Waals surface area contributed by atoms with E-state index in [-0.39, 0.29) is 6.10 Å². The number of nitrogens with zero attached hydrogens (tertiary/aromatic N) is 2. The zero-order chi connectivity index (χ0) is 13.2. The van der Waals surface area contributed by atoms with Crippen molar-refractivity contribution in [1.29, 1.82) is 0 Å². The van der Waals surface area contributed by atoms with Crippen LogP contribution in [0.15, 0.2) is 0 Å². The fraction of sp³-hybridized carbons (Fsp3) is 1.00. The van der Waals surface area contributed by atoms with Crippen molar-refractivity contribution in [3.8, 4) is 0 Å². The number of hydrogen-bond donors (Lipinski definition) is 1. The lowest BCUT2D eigenvalue weighted by Gasteiger charge is -2.37. The van der Waals surface area contributed by atoms with Gasteiger partial charge in [0.15, 0.2) is 0 Å². The van der Waals surface area contributed by atoms with Gasteiger partial charge in [0.2, 0.25) is 10.0 Å². The fourth-order valence-corrected chi connectivity index (χ4v) is 3.80. The van der Waals surface area contributed by atoms with E-state index in [1.165, 1.54) is 12.7 Å². The molecule has 1 aliphatic carbocycles. The molecule has 0 spiro atoms. The van der Waals surface area contributed by atoms with Gasteiger partial charge in [-0.2, -0.15) is 4.31 Å². The molecule has 0 aromatic rings. The maximum absolute atomic E-state index is 11.4. The Hall–Kier alpha value is -0.170. The molecular formula is C12H24N2O3S. The molecule has 2 unspecified atom stereocenters. The summed E-state index contributed by atoms with van der Waals surface area (Å²) >= 11 is 0. The largest absolute Gasteiger partial charge is 0.393 e. The highest BCUT2D eigenvalue weighted by atomic mass is 32.2. The van der Waals surface area contributed by atoms with Crippen LogP contribution in [0.25, 0.3) is 0 Å². The van der Waals surface area contributed by atoms with Crippen LogP contribution in [0.4, 0.5) is 0 Å². The molecule has 1 aliphatic heterocycles. The first-order chi connectivity index (χ1) is 8.47. The molecule has 1 heterocycles. The third-order valence-corrected chi connectivity index (χ3v) is 5.47. The quantitative estimate of drug-likeness (QED) is 0.795. The molecular weight excluding hydrogens is 252 g/mol. The molecule has 106 valence electrons. The first-order valence-electron chi connectivity index (χ1n) is 6.82. The van der Waals surface area contributed by atoms with E-state index in [4.69, 9.17) is 0 Å². The maximum atomic E-state index is 11.4. The number of sulfonamides is 1. The topological polar surface area (TPSA) is 60.9 Å². The molecule has 0 aromatic carbocycles. The van der Waals surface area contributed by atoms with Gasteiger partial charge in [0.05, 0.1) is 12.4 Å². The molecule has 5 nitrogen and oxygen atoms in total. The SMILES string of the molecule is CS(=O)(=O)N1CCN(CC2CCCCC2O)CC1. The van der Waals surface area contributed by atoms with E-state index >= 15 is 0 Å². The summed E-state index contributed by atoms with van der Waals surface area (Å²) in [5.74, 6) is 0.378. The smallest absolute Gasteiger partial charge is 0.211 e. The van der Waals surface area contributed by atoms with Crippen molar-refractivity contribution in [3.63, 3.8) is 0 Å². The molecule has 2 fully saturated rings. The summed E-state index contributed by atoms with van der Waals surface area (Å²) in [5.41, 5.74) is 0. The van der Waals surface area contributed by atoms with Crippen molar-refractivity contribution in [2.45, 2.75) is 31.8 Å². The van der Waals surface area contributed by atoms with Crippen LogP contribution < -0.4 is 0 Å². The van der Waals surface area contributed by atoms with E-state index in [1.54, 1.807) is 4.31 Å². The normalized spacial score (nSPS) is 32.6. The van der Waals surface area contributed by atoms with E-state index < -0.39 is 10.0 Å². The number of aliphatic hydroxyl groups excluding tert-OH is 1. The van der Waals surface area contributed by atoms with Crippen LogP contribution in [0, 0.1) is 5.92 Å². The predicted molar refractivity (Wildman–Crippen MR) is 70.8 cm³/mol. The second kappa shape index (κ2) is 5.86. The van der Waals surface area contributed by atoms with Crippen LogP contribution in [0.3, 0.4) is 0 Å². The summed E-state index contributed by atoms with van der Waals surface area (Å²) in [6.45, 7) is 3.66. The molecule has 2 aliphatic rings. The highest BCUT2D eigenvalue weighted by Crippen LogP contribution is 2.25. The first-order valence-corrected chi connectivity index (χ1v) is 8.67. The molecule has 6 heteroatoms. The van der Waals surface area contributed by atoms with Gasteiger partial charge in [-0.3, -0.25) is 0 Å². The van der Waals surface area contributed by atoms with Gasteiger partial charge < -0.3 is 10.0 Å². The molecule has 0 radical (unpaired) electrons. The van der Waals surface area contributed by atoms with E-state index in [9.17, 15) is 13.5 Å². The molecule has 1 saturated heterocycles. The van der Waals surface area contributed by atoms with Gasteiger partial charge in [-0.1, -0.05) is 12.8 Å². The Bertz CT molecular complexity index is 364. The predicted octanol–water partition coefficient (Wildman–Crippen LogP) is 0.115. The van der Waals surface area contributed by atoms with Crippen molar-refractivity contribution in [2.24, 2.45) is 5.92 Å². The Balaban J connectivity index is 1.79. The van der Waals surface area contributed by atoms with Crippen molar-refractivity contribution in [1.82, 2.24) is 9.21 Å². The summed E-state index contributed by atoms with van der Waals surface area (Å²) in [6, 6.07) is 0. The van der Waals surface area contributed by atoms with Crippen molar-refractivity contribution < 1.29 is 13.5 Å². The third kappa shape index (κ3) is 3.66. The number of hydrogen-bond acceptors (Lipinski definition) is 4. The lowest BCUT2D eigenvalue weighted by atomic mass is 9.86. The molecule has 0 aromatic heterocycles. The van der Waals surface area contributed by atoms with Crippen molar-refractivity contribution in [2.75, 3.05) is 39.0 Å². The van der Waals surface area contributed by atoms with Crippen LogP contribution in [0.2, 0.25) is 0 Å². The molecule has 0 bridgehead atoms. The van der Waals surface area contributed by atoms with E-state index in [0.717, 1.165) is 38.9 Å². The molecule has 0 amide bonds. The van der Waals surface area contributed by atoms with Gasteiger partial charge in [0, 0.05) is 32.7 Å². The van der Waals surface area contributed by atoms with Crippen LogP contribution >= 0.6 is 0 Å². The maximum Gasteiger partial charge on any atom is 0.211 e. The Morgan fingerprint density at radius 2 is 1.72 bits per heavy atom. The molecule has 18 heavy (non-hydrogen) atoms. The Morgan fingerprint density at radius 3 is 2.28 bits per heavy atom. The fourth-order valence-electron chi connectivity index (χ4n) is 2.98. The number of aliphatic hydroxyl groups is 1. The highest BCUT2D eigenvalue weighted by molar-refractivity contribution is 7.88. The van der Waals surface area contributed by atoms with E-state index in [1.807, 2.05) is 0 Å². The summed E-state index contributed by atoms with van der Waals surface area (Å²) in [5, 5.41) is 9.95. The lowest BCUT2D eigenvalue weighted by Crippen LogP contribution is -2.50. The summed E-state index contributed by atoms with van der Waals surface area (Å²) in [6.07, 6.45) is 5.49. The van der Waals surface area contributed by atoms with Crippen molar-refractivity contribution >= 4 is 10.0 Å². The van der Waals surface area contributed by atoms with Crippen molar-refractivity contribution in [3.05, 3.63) is 0 Å². The number of piperazine rings is 1. The minimum Gasteiger partial charge on any atom is -0.393 e. The van der Waals surface area contributed by atoms with Gasteiger partial charge in [0.25, 0.3) is 0 Å². The van der Waals surface area contributed by atoms with Crippen LogP contribution in [-0.2, 0) is 10.0 Å². The van der Waals surface area contributed by atoms with Gasteiger partial charge in [-0.25, -0.2) is 8.42 Å². The zero-order valence-corrected chi connectivity index (χ0v) is 11.9. The standard InChI is InChI=1S/C12H24N2O3S/c1-18(16,17)14-8-6-13(7-9-14)10-11-4-2-3-5-12(11)15/h11-12,15H,2-10H2,1H3. The first kappa shape index (κ1) is 14.2. The zero-order valence-electron chi connectivity index (χ0n) is 11.1. The van der Waals surface area contributed by atoms with Crippen LogP contribution in [-0.4, -0.2) is 67.8 Å². The molecule has 1 saturated carbocycles. The Morgan fingerprint density at radius 1 is 1.11 bits per heavy atom. The van der Waals surface area contributed by atoms with Crippen LogP contribution in [0.5, 0.6) is 0 Å². The van der Waals surface area contributed by atoms with Gasteiger partial charge >= 0.3 is 0 Å². The van der Waals surface area contributed by atoms with Gasteiger partial charge in [0.1, 0.15) is 0 Å². The minimum atomic E-state index is -3.04. The highest BCUT2D eigenvalue weighted by Gasteiger charge is 2.28. The molecule has 1 N–H and O–H groups in total. The average molecular weight is 276 g/mol. The van der Waals surface area contributed by atoms with Gasteiger partial charge in [-0.15, -0.1) is 0 Å². The Kier molecular flexibility index (Phi) is 4.64. The van der Waals surface area contributed by atoms with Gasteiger partial charge in [-0.05, 0) is 18.8 Å². The lowest BCUT2D eigenvalue weighted by molar-refractivity contribution is 0.0395. The van der Waals surface area contributed by atoms with E-state index in [0.29, 0.717) is 19.0 Å². The summed E-state index contributed by atoms with van der Waals surface area (Å²) in [7, 11) is -3.04. The average Bonchev–Trinajstić information content (AvgIpc) is 2.32. The summed E-state index contributed by atoms with van der Waals surface area (Å²) < 4.78 is 24.3. The summed E-state index contributed by atoms with van der Waals surface area (Å²) in [4.78, 5) is 2.29. The van der Waals surface area contributed by atoms with Crippen LogP contribution in [0.1, 0.15) is 25.7 Å². The molecule has 2 atom stereocenters. The minimum absolute atomic E-state index is 0.160. The number of rotatable bonds is 3. The second-order valence-electron chi connectivity index (χ2n) is 5.57. The third-order valence-electron chi connectivity index (χ3n) is 4.16. The second-order valence-corrected chi connectivity index (χ2v) is 7.56.